The summed E-state index contributed by atoms with van der Waals surface area (Å²) in [6, 6.07) is 2.46. The Hall–Kier alpha value is -0.910. The van der Waals surface area contributed by atoms with Crippen LogP contribution >= 0.6 is 23.5 Å². The number of carbonyl (C=O) groups excluding carboxylic acids is 2. The smallest absolute Gasteiger partial charge is 0.311 e. The van der Waals surface area contributed by atoms with Gasteiger partial charge in [0.25, 0.3) is 0 Å². The Morgan fingerprint density at radius 3 is 2.37 bits per heavy atom. The topological polar surface area (TPSA) is 85.2 Å². The third kappa shape index (κ3) is 4.30. The van der Waals surface area contributed by atoms with Crippen molar-refractivity contribution in [3.63, 3.8) is 0 Å². The van der Waals surface area contributed by atoms with Gasteiger partial charge in [0, 0.05) is 24.1 Å². The lowest BCUT2D eigenvalue weighted by Crippen LogP contribution is -2.52. The standard InChI is InChI=1S/C11H18N4O2S2/c1-4-13-9(16)10(17)14-11(7-12)18-5-8(6-19-11)15(2)3/h8H,4-6H2,1-3H3,(H,13,16)(H,14,17). The predicted octanol–water partition coefficient (Wildman–Crippen LogP) is -0.174. The van der Waals surface area contributed by atoms with Crippen molar-refractivity contribution in [3.8, 4) is 6.07 Å². The average molecular weight is 302 g/mol. The van der Waals surface area contributed by atoms with Crippen molar-refractivity contribution >= 4 is 35.3 Å². The summed E-state index contributed by atoms with van der Waals surface area (Å²) in [5, 5.41) is 14.2. The maximum atomic E-state index is 11.7. The van der Waals surface area contributed by atoms with Gasteiger partial charge < -0.3 is 15.5 Å². The van der Waals surface area contributed by atoms with Gasteiger partial charge in [-0.15, -0.1) is 23.5 Å². The molecular formula is C11H18N4O2S2. The molecule has 106 valence electrons. The Kier molecular flexibility index (Phi) is 5.97. The number of likely N-dealkylation sites (N-methyl/N-ethyl adjacent to an activating group) is 1. The molecular weight excluding hydrogens is 284 g/mol. The van der Waals surface area contributed by atoms with Crippen LogP contribution in [0.4, 0.5) is 0 Å². The Bertz CT molecular complexity index is 387. The van der Waals surface area contributed by atoms with Crippen LogP contribution in [0.2, 0.25) is 0 Å². The lowest BCUT2D eigenvalue weighted by molar-refractivity contribution is -0.139. The van der Waals surface area contributed by atoms with Crippen molar-refractivity contribution in [1.29, 1.82) is 5.26 Å². The quantitative estimate of drug-likeness (QED) is 0.704. The van der Waals surface area contributed by atoms with E-state index in [1.165, 1.54) is 23.5 Å². The SMILES string of the molecule is CCNC(=O)C(=O)NC1(C#N)SCC(N(C)C)CS1. The second kappa shape index (κ2) is 7.03. The van der Waals surface area contributed by atoms with E-state index < -0.39 is 16.0 Å². The Morgan fingerprint density at radius 2 is 1.95 bits per heavy atom. The van der Waals surface area contributed by atoms with E-state index in [-0.39, 0.29) is 0 Å². The van der Waals surface area contributed by atoms with Gasteiger partial charge in [0.1, 0.15) is 6.07 Å². The summed E-state index contributed by atoms with van der Waals surface area (Å²) in [5.41, 5.74) is 0. The molecule has 19 heavy (non-hydrogen) atoms. The fourth-order valence-corrected chi connectivity index (χ4v) is 4.46. The fraction of sp³-hybridized carbons (Fsp3) is 0.727. The first kappa shape index (κ1) is 16.1. The number of nitrogens with zero attached hydrogens (tertiary/aromatic N) is 2. The number of rotatable bonds is 3. The number of hydrogen-bond acceptors (Lipinski definition) is 6. The highest BCUT2D eigenvalue weighted by molar-refractivity contribution is 8.19. The van der Waals surface area contributed by atoms with E-state index in [1.54, 1.807) is 6.92 Å². The average Bonchev–Trinajstić information content (AvgIpc) is 2.39. The van der Waals surface area contributed by atoms with Crippen LogP contribution in [0.1, 0.15) is 6.92 Å². The molecule has 1 fully saturated rings. The zero-order valence-electron chi connectivity index (χ0n) is 11.2. The number of amides is 2. The molecule has 0 aliphatic carbocycles. The minimum atomic E-state index is -1.06. The van der Waals surface area contributed by atoms with Crippen molar-refractivity contribution in [1.82, 2.24) is 15.5 Å². The van der Waals surface area contributed by atoms with E-state index in [0.29, 0.717) is 12.6 Å². The van der Waals surface area contributed by atoms with Crippen LogP contribution in [0.25, 0.3) is 0 Å². The van der Waals surface area contributed by atoms with Crippen molar-refractivity contribution < 1.29 is 9.59 Å². The molecule has 1 aliphatic rings. The predicted molar refractivity (Wildman–Crippen MR) is 77.6 cm³/mol. The first-order valence-electron chi connectivity index (χ1n) is 5.90. The highest BCUT2D eigenvalue weighted by Crippen LogP contribution is 2.40. The number of nitriles is 1. The molecule has 0 unspecified atom stereocenters. The molecule has 0 radical (unpaired) electrons. The lowest BCUT2D eigenvalue weighted by atomic mass is 10.4. The van der Waals surface area contributed by atoms with Gasteiger partial charge in [-0.25, -0.2) is 0 Å². The highest BCUT2D eigenvalue weighted by Gasteiger charge is 2.40. The summed E-state index contributed by atoms with van der Waals surface area (Å²) in [6.45, 7) is 2.12. The van der Waals surface area contributed by atoms with Crippen LogP contribution in [0.3, 0.4) is 0 Å². The molecule has 1 aliphatic heterocycles. The van der Waals surface area contributed by atoms with Gasteiger partial charge in [-0.3, -0.25) is 9.59 Å². The Morgan fingerprint density at radius 1 is 1.37 bits per heavy atom. The molecule has 0 spiro atoms. The van der Waals surface area contributed by atoms with E-state index >= 15 is 0 Å². The minimum Gasteiger partial charge on any atom is -0.348 e. The van der Waals surface area contributed by atoms with E-state index in [1.807, 2.05) is 14.1 Å². The molecule has 6 nitrogen and oxygen atoms in total. The molecule has 1 rings (SSSR count). The zero-order valence-corrected chi connectivity index (χ0v) is 12.9. The molecule has 0 aromatic rings. The van der Waals surface area contributed by atoms with Gasteiger partial charge in [-0.2, -0.15) is 5.26 Å². The molecule has 0 aromatic heterocycles. The van der Waals surface area contributed by atoms with Gasteiger partial charge in [-0.05, 0) is 21.0 Å². The van der Waals surface area contributed by atoms with Gasteiger partial charge in [0.05, 0.1) is 0 Å². The van der Waals surface area contributed by atoms with E-state index in [0.717, 1.165) is 11.5 Å². The normalized spacial score (nSPS) is 26.6. The molecule has 8 heteroatoms. The minimum absolute atomic E-state index is 0.359. The third-order valence-corrected chi connectivity index (χ3v) is 5.67. The van der Waals surface area contributed by atoms with Crippen LogP contribution in [-0.2, 0) is 9.59 Å². The molecule has 2 amide bonds. The first-order chi connectivity index (χ1) is 8.94. The van der Waals surface area contributed by atoms with Crippen LogP contribution in [0.15, 0.2) is 0 Å². The lowest BCUT2D eigenvalue weighted by Gasteiger charge is -2.36. The number of thioether (sulfide) groups is 2. The van der Waals surface area contributed by atoms with Crippen molar-refractivity contribution in [3.05, 3.63) is 0 Å². The summed E-state index contributed by atoms with van der Waals surface area (Å²) in [4.78, 5) is 25.1. The van der Waals surface area contributed by atoms with E-state index in [2.05, 4.69) is 21.6 Å². The van der Waals surface area contributed by atoms with Crippen LogP contribution in [-0.4, -0.2) is 59.1 Å². The maximum Gasteiger partial charge on any atom is 0.311 e. The summed E-state index contributed by atoms with van der Waals surface area (Å²) in [5.74, 6) is 0.0201. The summed E-state index contributed by atoms with van der Waals surface area (Å²) in [6.07, 6.45) is 0. The number of carbonyl (C=O) groups is 2. The molecule has 0 bridgehead atoms. The van der Waals surface area contributed by atoms with Gasteiger partial charge >= 0.3 is 11.8 Å². The zero-order chi connectivity index (χ0) is 14.5. The first-order valence-corrected chi connectivity index (χ1v) is 7.87. The molecule has 1 saturated heterocycles. The summed E-state index contributed by atoms with van der Waals surface area (Å²) in [7, 11) is 3.97. The summed E-state index contributed by atoms with van der Waals surface area (Å²) < 4.78 is -1.06. The third-order valence-electron chi connectivity index (χ3n) is 2.66. The monoisotopic (exact) mass is 302 g/mol. The second-order valence-corrected chi connectivity index (χ2v) is 7.01. The second-order valence-electron chi connectivity index (χ2n) is 4.28. The van der Waals surface area contributed by atoms with E-state index in [9.17, 15) is 14.9 Å². The fourth-order valence-electron chi connectivity index (χ4n) is 1.43. The maximum absolute atomic E-state index is 11.7. The molecule has 0 atom stereocenters. The van der Waals surface area contributed by atoms with Gasteiger partial charge in [0.2, 0.25) is 4.20 Å². The Labute approximate surface area is 121 Å². The largest absolute Gasteiger partial charge is 0.348 e. The van der Waals surface area contributed by atoms with Gasteiger partial charge in [0.15, 0.2) is 0 Å². The molecule has 0 saturated carbocycles. The summed E-state index contributed by atoms with van der Waals surface area (Å²) >= 11 is 2.72. The van der Waals surface area contributed by atoms with Crippen LogP contribution in [0, 0.1) is 11.3 Å². The van der Waals surface area contributed by atoms with Crippen molar-refractivity contribution in [2.75, 3.05) is 32.1 Å². The van der Waals surface area contributed by atoms with Crippen molar-refractivity contribution in [2.45, 2.75) is 17.2 Å². The molecule has 2 N–H and O–H groups in total. The van der Waals surface area contributed by atoms with Crippen LogP contribution in [0.5, 0.6) is 0 Å². The molecule has 0 aromatic carbocycles. The number of nitrogens with one attached hydrogen (secondary N) is 2. The van der Waals surface area contributed by atoms with E-state index in [4.69, 9.17) is 0 Å². The van der Waals surface area contributed by atoms with Gasteiger partial charge in [-0.1, -0.05) is 0 Å². The van der Waals surface area contributed by atoms with Crippen LogP contribution < -0.4 is 10.6 Å². The number of hydrogen-bond donors (Lipinski definition) is 2. The highest BCUT2D eigenvalue weighted by atomic mass is 32.2. The van der Waals surface area contributed by atoms with Crippen molar-refractivity contribution in [2.24, 2.45) is 0 Å². The Balaban J connectivity index is 2.62. The molecule has 1 heterocycles.